The molecule has 7 nitrogen and oxygen atoms in total. The van der Waals surface area contributed by atoms with Crippen molar-refractivity contribution in [2.24, 2.45) is 0 Å². The molecule has 0 saturated heterocycles. The maximum absolute atomic E-state index is 12.6. The summed E-state index contributed by atoms with van der Waals surface area (Å²) in [7, 11) is 1.61. The highest BCUT2D eigenvalue weighted by molar-refractivity contribution is 6.32. The molecule has 8 heteroatoms. The van der Waals surface area contributed by atoms with Gasteiger partial charge in [-0.15, -0.1) is 5.10 Å². The average molecular weight is 413 g/mol. The number of nitrogens with zero attached hydrogens (tertiary/aromatic N) is 2. The number of hydrogen-bond acceptors (Lipinski definition) is 4. The lowest BCUT2D eigenvalue weighted by Gasteiger charge is -2.32. The highest BCUT2D eigenvalue weighted by Crippen LogP contribution is 2.39. The first-order chi connectivity index (χ1) is 14.1. The summed E-state index contributed by atoms with van der Waals surface area (Å²) in [5, 5.41) is 10.7. The first-order valence-corrected chi connectivity index (χ1v) is 9.64. The fraction of sp³-hybridized carbons (Fsp3) is 0.238. The van der Waals surface area contributed by atoms with Gasteiger partial charge >= 0.3 is 6.03 Å². The van der Waals surface area contributed by atoms with Gasteiger partial charge in [0.05, 0.1) is 23.4 Å². The van der Waals surface area contributed by atoms with Crippen molar-refractivity contribution in [3.63, 3.8) is 0 Å². The van der Waals surface area contributed by atoms with Crippen molar-refractivity contribution in [1.82, 2.24) is 15.1 Å². The second kappa shape index (κ2) is 8.55. The molecule has 4 rings (SSSR count). The lowest BCUT2D eigenvalue weighted by Crippen LogP contribution is -2.39. The van der Waals surface area contributed by atoms with Crippen LogP contribution < -0.4 is 15.4 Å². The molecule has 29 heavy (non-hydrogen) atoms. The number of para-hydroxylation sites is 2. The van der Waals surface area contributed by atoms with Crippen LogP contribution >= 0.6 is 11.6 Å². The maximum Gasteiger partial charge on any atom is 0.320 e. The van der Waals surface area contributed by atoms with Crippen molar-refractivity contribution in [2.45, 2.75) is 18.6 Å². The smallest absolute Gasteiger partial charge is 0.320 e. The number of carbonyl (C=O) groups excluding carboxylic acids is 1. The van der Waals surface area contributed by atoms with Crippen molar-refractivity contribution >= 4 is 23.4 Å². The predicted molar refractivity (Wildman–Crippen MR) is 111 cm³/mol. The lowest BCUT2D eigenvalue weighted by atomic mass is 9.96. The molecule has 0 spiro atoms. The van der Waals surface area contributed by atoms with Crippen LogP contribution in [-0.4, -0.2) is 35.6 Å². The van der Waals surface area contributed by atoms with E-state index in [9.17, 15) is 4.79 Å². The van der Waals surface area contributed by atoms with E-state index in [4.69, 9.17) is 21.1 Å². The van der Waals surface area contributed by atoms with Crippen molar-refractivity contribution in [3.8, 4) is 11.4 Å². The minimum Gasteiger partial charge on any atom is -0.486 e. The van der Waals surface area contributed by atoms with Crippen molar-refractivity contribution in [3.05, 3.63) is 71.4 Å². The van der Waals surface area contributed by atoms with Crippen molar-refractivity contribution < 1.29 is 14.3 Å². The highest BCUT2D eigenvalue weighted by atomic mass is 35.5. The molecule has 0 fully saturated rings. The molecule has 1 aromatic heterocycles. The summed E-state index contributed by atoms with van der Waals surface area (Å²) in [6.07, 6.45) is 2.17. The number of carbonyl (C=O) groups is 1. The van der Waals surface area contributed by atoms with E-state index in [1.807, 2.05) is 42.5 Å². The minimum absolute atomic E-state index is 0.199. The van der Waals surface area contributed by atoms with Gasteiger partial charge in [-0.3, -0.25) is 5.32 Å². The first kappa shape index (κ1) is 19.3. The molecule has 0 radical (unpaired) electrons. The molecule has 0 aliphatic carbocycles. The number of aromatic nitrogens is 2. The number of methoxy groups -OCH3 is 1. The van der Waals surface area contributed by atoms with Gasteiger partial charge in [-0.2, -0.15) is 0 Å². The van der Waals surface area contributed by atoms with Gasteiger partial charge in [0.25, 0.3) is 0 Å². The molecular formula is C21H21ClN4O3. The highest BCUT2D eigenvalue weighted by Gasteiger charge is 2.31. The van der Waals surface area contributed by atoms with Crippen LogP contribution in [0.2, 0.25) is 5.02 Å². The molecule has 0 saturated carbocycles. The van der Waals surface area contributed by atoms with Crippen LogP contribution in [-0.2, 0) is 4.74 Å². The number of amides is 2. The Morgan fingerprint density at radius 2 is 2.07 bits per heavy atom. The Bertz CT molecular complexity index is 993. The fourth-order valence-electron chi connectivity index (χ4n) is 3.38. The Balaban J connectivity index is 1.47. The first-order valence-electron chi connectivity index (χ1n) is 9.26. The molecule has 1 aliphatic heterocycles. The SMILES string of the molecule is COCC1CC(NC(=O)Nc2ccn(-c3ccccc3)n2)c2cccc(Cl)c2O1. The van der Waals surface area contributed by atoms with E-state index in [0.29, 0.717) is 29.6 Å². The molecule has 2 N–H and O–H groups in total. The Kier molecular flexibility index (Phi) is 5.69. The summed E-state index contributed by atoms with van der Waals surface area (Å²) < 4.78 is 12.9. The third-order valence-electron chi connectivity index (χ3n) is 4.67. The van der Waals surface area contributed by atoms with Crippen LogP contribution in [0.3, 0.4) is 0 Å². The summed E-state index contributed by atoms with van der Waals surface area (Å²) in [5.74, 6) is 1.04. The monoisotopic (exact) mass is 412 g/mol. The zero-order chi connectivity index (χ0) is 20.2. The zero-order valence-electron chi connectivity index (χ0n) is 15.8. The standard InChI is InChI=1S/C21H21ClN4O3/c1-28-13-15-12-18(16-8-5-9-17(22)20(16)29-15)23-21(27)24-19-10-11-26(25-19)14-6-3-2-4-7-14/h2-11,15,18H,12-13H2,1H3,(H2,23,24,25,27). The number of fused-ring (bicyclic) bond motifs is 1. The third kappa shape index (κ3) is 4.36. The number of nitrogens with one attached hydrogen (secondary N) is 2. The molecule has 2 unspecified atom stereocenters. The van der Waals surface area contributed by atoms with Gasteiger partial charge < -0.3 is 14.8 Å². The van der Waals surface area contributed by atoms with E-state index in [2.05, 4.69) is 15.7 Å². The summed E-state index contributed by atoms with van der Waals surface area (Å²) >= 11 is 6.29. The van der Waals surface area contributed by atoms with Gasteiger partial charge in [-0.25, -0.2) is 9.48 Å². The molecule has 2 heterocycles. The van der Waals surface area contributed by atoms with Gasteiger partial charge in [0, 0.05) is 31.4 Å². The largest absolute Gasteiger partial charge is 0.486 e. The van der Waals surface area contributed by atoms with Gasteiger partial charge in [-0.1, -0.05) is 41.9 Å². The van der Waals surface area contributed by atoms with E-state index in [0.717, 1.165) is 11.3 Å². The van der Waals surface area contributed by atoms with Gasteiger partial charge in [0.1, 0.15) is 11.9 Å². The fourth-order valence-corrected chi connectivity index (χ4v) is 3.61. The number of anilines is 1. The summed E-state index contributed by atoms with van der Waals surface area (Å²) in [4.78, 5) is 12.6. The number of halogens is 1. The molecular weight excluding hydrogens is 392 g/mol. The van der Waals surface area contributed by atoms with E-state index in [1.54, 1.807) is 30.1 Å². The molecule has 3 aromatic rings. The molecule has 150 valence electrons. The molecule has 1 aliphatic rings. The van der Waals surface area contributed by atoms with Crippen LogP contribution in [0.4, 0.5) is 10.6 Å². The number of rotatable bonds is 5. The van der Waals surface area contributed by atoms with Crippen LogP contribution in [0.1, 0.15) is 18.0 Å². The minimum atomic E-state index is -0.350. The second-order valence-electron chi connectivity index (χ2n) is 6.72. The van der Waals surface area contributed by atoms with Crippen LogP contribution in [0, 0.1) is 0 Å². The number of ether oxygens (including phenoxy) is 2. The predicted octanol–water partition coefficient (Wildman–Crippen LogP) is 4.19. The topological polar surface area (TPSA) is 77.4 Å². The number of urea groups is 1. The Hall–Kier alpha value is -3.03. The Morgan fingerprint density at radius 3 is 2.86 bits per heavy atom. The van der Waals surface area contributed by atoms with E-state index in [-0.39, 0.29) is 18.2 Å². The summed E-state index contributed by atoms with van der Waals surface area (Å²) in [6.45, 7) is 0.409. The van der Waals surface area contributed by atoms with E-state index < -0.39 is 0 Å². The van der Waals surface area contributed by atoms with Gasteiger partial charge in [-0.05, 0) is 18.2 Å². The van der Waals surface area contributed by atoms with Crippen molar-refractivity contribution in [2.75, 3.05) is 19.0 Å². The number of benzene rings is 2. The van der Waals surface area contributed by atoms with Crippen LogP contribution in [0.15, 0.2) is 60.8 Å². The van der Waals surface area contributed by atoms with Gasteiger partial charge in [0.2, 0.25) is 0 Å². The number of hydrogen-bond donors (Lipinski definition) is 2. The third-order valence-corrected chi connectivity index (χ3v) is 4.96. The summed E-state index contributed by atoms with van der Waals surface area (Å²) in [6, 6.07) is 16.3. The average Bonchev–Trinajstić information content (AvgIpc) is 3.18. The maximum atomic E-state index is 12.6. The molecule has 2 amide bonds. The normalized spacial score (nSPS) is 17.9. The summed E-state index contributed by atoms with van der Waals surface area (Å²) in [5.41, 5.74) is 1.76. The van der Waals surface area contributed by atoms with Crippen LogP contribution in [0.5, 0.6) is 5.75 Å². The zero-order valence-corrected chi connectivity index (χ0v) is 16.6. The van der Waals surface area contributed by atoms with Crippen LogP contribution in [0.25, 0.3) is 5.69 Å². The van der Waals surface area contributed by atoms with Gasteiger partial charge in [0.15, 0.2) is 5.82 Å². The van der Waals surface area contributed by atoms with Crippen molar-refractivity contribution in [1.29, 1.82) is 0 Å². The molecule has 2 aromatic carbocycles. The quantitative estimate of drug-likeness (QED) is 0.658. The Labute approximate surface area is 173 Å². The molecule has 0 bridgehead atoms. The second-order valence-corrected chi connectivity index (χ2v) is 7.13. The van der Waals surface area contributed by atoms with E-state index in [1.165, 1.54) is 0 Å². The Morgan fingerprint density at radius 1 is 1.24 bits per heavy atom. The molecule has 2 atom stereocenters. The van der Waals surface area contributed by atoms with E-state index >= 15 is 0 Å². The lowest BCUT2D eigenvalue weighted by molar-refractivity contribution is 0.0583.